The highest BCUT2D eigenvalue weighted by atomic mass is 16.6. The molecule has 0 aromatic heterocycles. The SMILES string of the molecule is CCCCCC(=O)N[C@@H]1CC2(CCN2C(=O)OC(C)(C)C)C[C@@H]1C(=O)OC.COC(=O)[C@H]1CC2(CCN2C(=O)OC(C)(C)C)C[C@H]1NC(=O)OCc1ccccc1. The first-order valence-electron chi connectivity index (χ1n) is 20.2. The minimum absolute atomic E-state index is 0.0393. The number of carbonyl (C=O) groups is 6. The van der Waals surface area contributed by atoms with Crippen LogP contribution in [-0.2, 0) is 44.7 Å². The summed E-state index contributed by atoms with van der Waals surface area (Å²) in [6, 6.07) is 8.56. The Morgan fingerprint density at radius 1 is 0.702 bits per heavy atom. The number of benzene rings is 1. The molecule has 1 aromatic carbocycles. The van der Waals surface area contributed by atoms with Crippen LogP contribution in [0.25, 0.3) is 0 Å². The first-order chi connectivity index (χ1) is 26.7. The molecule has 0 bridgehead atoms. The molecule has 318 valence electrons. The highest BCUT2D eigenvalue weighted by Gasteiger charge is 2.60. The maximum absolute atomic E-state index is 12.6. The van der Waals surface area contributed by atoms with E-state index in [0.717, 1.165) is 37.7 Å². The molecule has 2 heterocycles. The van der Waals surface area contributed by atoms with Crippen LogP contribution in [-0.4, -0.2) is 108 Å². The quantitative estimate of drug-likeness (QED) is 0.155. The number of unbranched alkanes of at least 4 members (excludes halogenated alkanes) is 2. The van der Waals surface area contributed by atoms with Gasteiger partial charge >= 0.3 is 30.2 Å². The third-order valence-electron chi connectivity index (χ3n) is 11.2. The summed E-state index contributed by atoms with van der Waals surface area (Å²) in [5.74, 6) is -1.76. The van der Waals surface area contributed by atoms with Crippen molar-refractivity contribution >= 4 is 36.1 Å². The van der Waals surface area contributed by atoms with Gasteiger partial charge in [0.15, 0.2) is 0 Å². The molecule has 57 heavy (non-hydrogen) atoms. The topological polar surface area (TPSA) is 179 Å². The molecule has 2 unspecified atom stereocenters. The summed E-state index contributed by atoms with van der Waals surface area (Å²) in [4.78, 5) is 77.9. The molecule has 4 fully saturated rings. The molecular formula is C42H64N4O11. The second-order valence-corrected chi connectivity index (χ2v) is 17.7. The number of nitrogens with one attached hydrogen (secondary N) is 2. The standard InChI is InChI=1S/C22H30N2O6.C20H34N2O5/c1-21(2,3)30-20(27)24-11-10-22(24)12-16(18(25)28-4)17(13-22)23-19(26)29-14-15-8-6-5-7-9-15;1-6-7-8-9-16(23)21-15-13-20(12-14(15)17(24)26-5)10-11-22(20)18(25)27-19(2,3)4/h5-9,16-17H,10-14H2,1-4H3,(H,23,26);14-15H,6-13H2,1-5H3,(H,21,23)/t16-,17+,22?;14-,15+,20?/m00/s1. The van der Waals surface area contributed by atoms with Gasteiger partial charge in [-0.25, -0.2) is 14.4 Å². The average Bonchev–Trinajstić information content (AvgIpc) is 3.70. The zero-order valence-corrected chi connectivity index (χ0v) is 35.3. The fraction of sp³-hybridized carbons (Fsp3) is 0.714. The lowest BCUT2D eigenvalue weighted by Crippen LogP contribution is -2.62. The van der Waals surface area contributed by atoms with Crippen LogP contribution in [0.15, 0.2) is 30.3 Å². The molecule has 4 amide bonds. The molecule has 6 atom stereocenters. The summed E-state index contributed by atoms with van der Waals surface area (Å²) in [6.07, 6.45) is 5.49. The van der Waals surface area contributed by atoms with E-state index < -0.39 is 58.3 Å². The first kappa shape index (κ1) is 45.1. The molecule has 2 aliphatic carbocycles. The Morgan fingerprint density at radius 3 is 1.58 bits per heavy atom. The van der Waals surface area contributed by atoms with Gasteiger partial charge in [-0.1, -0.05) is 50.1 Å². The number of alkyl carbamates (subject to hydrolysis) is 1. The van der Waals surface area contributed by atoms with E-state index in [1.807, 2.05) is 71.9 Å². The van der Waals surface area contributed by atoms with Crippen LogP contribution in [0, 0.1) is 11.8 Å². The third kappa shape index (κ3) is 11.8. The van der Waals surface area contributed by atoms with Crippen molar-refractivity contribution in [1.29, 1.82) is 0 Å². The Labute approximate surface area is 337 Å². The van der Waals surface area contributed by atoms with E-state index in [2.05, 4.69) is 17.6 Å². The molecule has 5 rings (SSSR count). The molecule has 2 N–H and O–H groups in total. The highest BCUT2D eigenvalue weighted by molar-refractivity contribution is 5.80. The number of rotatable bonds is 10. The zero-order valence-electron chi connectivity index (χ0n) is 35.3. The van der Waals surface area contributed by atoms with Crippen LogP contribution < -0.4 is 10.6 Å². The lowest BCUT2D eigenvalue weighted by Gasteiger charge is -2.50. The number of esters is 2. The van der Waals surface area contributed by atoms with E-state index in [1.54, 1.807) is 9.80 Å². The van der Waals surface area contributed by atoms with Crippen LogP contribution in [0.5, 0.6) is 0 Å². The van der Waals surface area contributed by atoms with E-state index in [0.29, 0.717) is 45.2 Å². The minimum Gasteiger partial charge on any atom is -0.469 e. The monoisotopic (exact) mass is 800 g/mol. The van der Waals surface area contributed by atoms with E-state index in [4.69, 9.17) is 23.7 Å². The zero-order chi connectivity index (χ0) is 42.2. The van der Waals surface area contributed by atoms with Crippen molar-refractivity contribution in [2.24, 2.45) is 11.8 Å². The van der Waals surface area contributed by atoms with Crippen molar-refractivity contribution < 1.29 is 52.5 Å². The maximum Gasteiger partial charge on any atom is 0.410 e. The molecular weight excluding hydrogens is 736 g/mol. The summed E-state index contributed by atoms with van der Waals surface area (Å²) in [5.41, 5.74) is -1.25. The molecule has 2 saturated heterocycles. The molecule has 15 nitrogen and oxygen atoms in total. The number of likely N-dealkylation sites (tertiary alicyclic amines) is 2. The fourth-order valence-corrected chi connectivity index (χ4v) is 8.34. The predicted molar refractivity (Wildman–Crippen MR) is 210 cm³/mol. The normalized spacial score (nSPS) is 26.3. The summed E-state index contributed by atoms with van der Waals surface area (Å²) in [7, 11) is 2.68. The van der Waals surface area contributed by atoms with Crippen LogP contribution in [0.2, 0.25) is 0 Å². The first-order valence-corrected chi connectivity index (χ1v) is 20.2. The molecule has 2 aliphatic heterocycles. The van der Waals surface area contributed by atoms with E-state index in [9.17, 15) is 28.8 Å². The molecule has 1 aromatic rings. The van der Waals surface area contributed by atoms with Crippen molar-refractivity contribution in [3.8, 4) is 0 Å². The Bertz CT molecular complexity index is 1590. The van der Waals surface area contributed by atoms with E-state index in [1.165, 1.54) is 14.2 Å². The average molecular weight is 801 g/mol. The van der Waals surface area contributed by atoms with Gasteiger partial charge < -0.3 is 44.1 Å². The number of nitrogens with zero attached hydrogens (tertiary/aromatic N) is 2. The molecule has 2 saturated carbocycles. The number of carbonyl (C=O) groups excluding carboxylic acids is 6. The van der Waals surface area contributed by atoms with Crippen molar-refractivity contribution in [2.45, 2.75) is 154 Å². The van der Waals surface area contributed by atoms with Crippen molar-refractivity contribution in [2.75, 3.05) is 27.3 Å². The second kappa shape index (κ2) is 18.8. The summed E-state index contributed by atoms with van der Waals surface area (Å²) in [6.45, 7) is 14.4. The number of ether oxygens (including phenoxy) is 5. The fourth-order valence-electron chi connectivity index (χ4n) is 8.34. The molecule has 2 spiro atoms. The Morgan fingerprint density at radius 2 is 1.18 bits per heavy atom. The number of amides is 4. The molecule has 15 heteroatoms. The van der Waals surface area contributed by atoms with Gasteiger partial charge in [-0.15, -0.1) is 0 Å². The largest absolute Gasteiger partial charge is 0.469 e. The molecule has 4 aliphatic rings. The second-order valence-electron chi connectivity index (χ2n) is 17.7. The Balaban J connectivity index is 0.000000254. The van der Waals surface area contributed by atoms with E-state index >= 15 is 0 Å². The third-order valence-corrected chi connectivity index (χ3v) is 11.2. The Hall–Kier alpha value is -4.56. The van der Waals surface area contributed by atoms with Crippen molar-refractivity contribution in [1.82, 2.24) is 20.4 Å². The number of hydrogen-bond donors (Lipinski definition) is 2. The van der Waals surface area contributed by atoms with Gasteiger partial charge in [0.25, 0.3) is 0 Å². The highest BCUT2D eigenvalue weighted by Crippen LogP contribution is 2.49. The molecule has 0 radical (unpaired) electrons. The number of methoxy groups -OCH3 is 2. The van der Waals surface area contributed by atoms with Gasteiger partial charge in [-0.3, -0.25) is 14.4 Å². The number of hydrogen-bond acceptors (Lipinski definition) is 11. The summed E-state index contributed by atoms with van der Waals surface area (Å²) >= 11 is 0. The van der Waals surface area contributed by atoms with Gasteiger partial charge in [0.1, 0.15) is 17.8 Å². The van der Waals surface area contributed by atoms with E-state index in [-0.39, 0.29) is 30.6 Å². The smallest absolute Gasteiger partial charge is 0.410 e. The van der Waals surface area contributed by atoms with Crippen LogP contribution in [0.1, 0.15) is 118 Å². The van der Waals surface area contributed by atoms with Crippen LogP contribution >= 0.6 is 0 Å². The minimum atomic E-state index is -0.604. The van der Waals surface area contributed by atoms with Gasteiger partial charge in [0.2, 0.25) is 5.91 Å². The van der Waals surface area contributed by atoms with Gasteiger partial charge in [-0.2, -0.15) is 0 Å². The van der Waals surface area contributed by atoms with Gasteiger partial charge in [-0.05, 0) is 92.1 Å². The van der Waals surface area contributed by atoms with Crippen molar-refractivity contribution in [3.63, 3.8) is 0 Å². The van der Waals surface area contributed by atoms with Gasteiger partial charge in [0.05, 0.1) is 37.1 Å². The van der Waals surface area contributed by atoms with Gasteiger partial charge in [0, 0.05) is 31.6 Å². The van der Waals surface area contributed by atoms with Crippen LogP contribution in [0.4, 0.5) is 14.4 Å². The summed E-state index contributed by atoms with van der Waals surface area (Å²) in [5, 5.41) is 5.82. The summed E-state index contributed by atoms with van der Waals surface area (Å²) < 4.78 is 26.2. The van der Waals surface area contributed by atoms with Crippen LogP contribution in [0.3, 0.4) is 0 Å². The predicted octanol–water partition coefficient (Wildman–Crippen LogP) is 6.26. The maximum atomic E-state index is 12.6. The van der Waals surface area contributed by atoms with Crippen molar-refractivity contribution in [3.05, 3.63) is 35.9 Å². The lowest BCUT2D eigenvalue weighted by atomic mass is 9.82. The Kier molecular flexibility index (Phi) is 14.9. The lowest BCUT2D eigenvalue weighted by molar-refractivity contribution is -0.147.